The summed E-state index contributed by atoms with van der Waals surface area (Å²) in [5, 5.41) is 25.6. The number of carbonyl (C=O) groups excluding carboxylic acids is 1. The van der Waals surface area contributed by atoms with E-state index in [4.69, 9.17) is 5.11 Å². The minimum absolute atomic E-state index is 0.00879. The molecule has 6 nitrogen and oxygen atoms in total. The van der Waals surface area contributed by atoms with Crippen LogP contribution in [0.1, 0.15) is 72.1 Å². The number of amides is 1. The highest BCUT2D eigenvalue weighted by molar-refractivity contribution is 5.78. The average molecular weight is 405 g/mol. The molecule has 1 saturated carbocycles. The first-order valence-electron chi connectivity index (χ1n) is 10.7. The van der Waals surface area contributed by atoms with Gasteiger partial charge in [0.25, 0.3) is 0 Å². The van der Waals surface area contributed by atoms with Gasteiger partial charge in [0.15, 0.2) is 0 Å². The highest BCUT2D eigenvalue weighted by atomic mass is 16.4. The molecule has 162 valence electrons. The van der Waals surface area contributed by atoms with E-state index in [0.717, 1.165) is 25.8 Å². The molecule has 0 saturated heterocycles. The van der Waals surface area contributed by atoms with E-state index in [9.17, 15) is 14.7 Å². The first-order chi connectivity index (χ1) is 13.7. The van der Waals surface area contributed by atoms with Gasteiger partial charge in [-0.3, -0.25) is 9.59 Å². The Hall–Kier alpha value is -2.08. The van der Waals surface area contributed by atoms with Crippen LogP contribution in [-0.2, 0) is 9.59 Å². The second-order valence-corrected chi connectivity index (χ2v) is 8.65. The Balaban J connectivity index is 1.81. The van der Waals surface area contributed by atoms with Gasteiger partial charge < -0.3 is 20.8 Å². The second-order valence-electron chi connectivity index (χ2n) is 8.65. The number of rotatable bonds is 8. The molecule has 1 aliphatic carbocycles. The molecule has 0 atom stereocenters. The predicted molar refractivity (Wildman–Crippen MR) is 114 cm³/mol. The van der Waals surface area contributed by atoms with Gasteiger partial charge in [-0.2, -0.15) is 0 Å². The first kappa shape index (κ1) is 23.2. The van der Waals surface area contributed by atoms with Crippen molar-refractivity contribution in [1.82, 2.24) is 10.6 Å². The van der Waals surface area contributed by atoms with Crippen molar-refractivity contribution >= 4 is 11.9 Å². The van der Waals surface area contributed by atoms with E-state index in [1.807, 2.05) is 0 Å². The molecule has 2 rings (SSSR count). The van der Waals surface area contributed by atoms with E-state index in [1.54, 1.807) is 0 Å². The minimum Gasteiger partial charge on any atom is -0.481 e. The van der Waals surface area contributed by atoms with Gasteiger partial charge in [0, 0.05) is 24.7 Å². The van der Waals surface area contributed by atoms with Gasteiger partial charge in [-0.1, -0.05) is 17.7 Å². The van der Waals surface area contributed by atoms with Crippen LogP contribution in [0, 0.1) is 5.92 Å². The summed E-state index contributed by atoms with van der Waals surface area (Å²) in [6, 6.07) is 0. The Morgan fingerprint density at radius 3 is 2.55 bits per heavy atom. The molecule has 0 unspecified atom stereocenters. The lowest BCUT2D eigenvalue weighted by atomic mass is 9.77. The van der Waals surface area contributed by atoms with Crippen LogP contribution in [0.25, 0.3) is 0 Å². The molecule has 0 bridgehead atoms. The maximum Gasteiger partial charge on any atom is 0.306 e. The molecule has 1 heterocycles. The number of aliphatic carboxylic acids is 1. The van der Waals surface area contributed by atoms with Gasteiger partial charge in [0.1, 0.15) is 0 Å². The summed E-state index contributed by atoms with van der Waals surface area (Å²) in [6.45, 7) is 7.91. The summed E-state index contributed by atoms with van der Waals surface area (Å²) in [7, 11) is 0. The van der Waals surface area contributed by atoms with Gasteiger partial charge in [0.05, 0.1) is 12.0 Å². The van der Waals surface area contributed by atoms with Crippen molar-refractivity contribution < 1.29 is 19.8 Å². The van der Waals surface area contributed by atoms with E-state index in [0.29, 0.717) is 32.2 Å². The third-order valence-corrected chi connectivity index (χ3v) is 6.08. The Bertz CT molecular complexity index is 694. The maximum atomic E-state index is 12.5. The Morgan fingerprint density at radius 1 is 1.28 bits per heavy atom. The topological polar surface area (TPSA) is 98.7 Å². The van der Waals surface area contributed by atoms with Crippen LogP contribution in [0.15, 0.2) is 34.6 Å². The largest absolute Gasteiger partial charge is 0.481 e. The molecule has 2 aliphatic rings. The number of carboxylic acid groups (broad SMARTS) is 1. The molecule has 1 fully saturated rings. The number of hydrogen-bond donors (Lipinski definition) is 4. The van der Waals surface area contributed by atoms with E-state index in [1.165, 1.54) is 22.4 Å². The zero-order valence-corrected chi connectivity index (χ0v) is 18.0. The number of allylic oxidation sites excluding steroid dienone is 5. The smallest absolute Gasteiger partial charge is 0.306 e. The van der Waals surface area contributed by atoms with Crippen molar-refractivity contribution in [1.29, 1.82) is 0 Å². The summed E-state index contributed by atoms with van der Waals surface area (Å²) < 4.78 is 0. The minimum atomic E-state index is -1.16. The molecular formula is C23H36N2O4. The number of aliphatic hydroxyl groups is 1. The quantitative estimate of drug-likeness (QED) is 0.465. The van der Waals surface area contributed by atoms with Crippen molar-refractivity contribution in [2.75, 3.05) is 13.1 Å². The lowest BCUT2D eigenvalue weighted by Crippen LogP contribution is -2.41. The van der Waals surface area contributed by atoms with Gasteiger partial charge in [-0.25, -0.2) is 0 Å². The number of carbonyl (C=O) groups is 2. The second kappa shape index (κ2) is 10.6. The van der Waals surface area contributed by atoms with Gasteiger partial charge in [-0.05, 0) is 76.9 Å². The van der Waals surface area contributed by atoms with Crippen LogP contribution in [0.3, 0.4) is 0 Å². The Morgan fingerprint density at radius 2 is 1.97 bits per heavy atom. The van der Waals surface area contributed by atoms with Crippen LogP contribution >= 0.6 is 0 Å². The normalized spacial score (nSPS) is 24.9. The molecular weight excluding hydrogens is 368 g/mol. The van der Waals surface area contributed by atoms with Crippen LogP contribution < -0.4 is 10.6 Å². The monoisotopic (exact) mass is 404 g/mol. The number of hydrogen-bond acceptors (Lipinski definition) is 4. The fourth-order valence-corrected chi connectivity index (χ4v) is 4.11. The zero-order valence-electron chi connectivity index (χ0n) is 18.0. The third-order valence-electron chi connectivity index (χ3n) is 6.08. The fourth-order valence-electron chi connectivity index (χ4n) is 4.11. The van der Waals surface area contributed by atoms with Crippen molar-refractivity contribution in [3.63, 3.8) is 0 Å². The summed E-state index contributed by atoms with van der Waals surface area (Å²) in [4.78, 5) is 23.3. The van der Waals surface area contributed by atoms with Gasteiger partial charge in [-0.15, -0.1) is 0 Å². The van der Waals surface area contributed by atoms with Crippen LogP contribution in [0.4, 0.5) is 0 Å². The third kappa shape index (κ3) is 7.35. The van der Waals surface area contributed by atoms with E-state index in [2.05, 4.69) is 43.6 Å². The highest BCUT2D eigenvalue weighted by Crippen LogP contribution is 2.34. The fraction of sp³-hybridized carbons (Fsp3) is 0.652. The van der Waals surface area contributed by atoms with Crippen molar-refractivity contribution in [3.8, 4) is 0 Å². The number of carboxylic acids is 1. The molecule has 0 aromatic carbocycles. The standard InChI is InChI=1S/C23H36N2O4/c1-16(2)18(6-7-19-5-4-13-24-17(19)3)10-14-25-22(28)20-8-11-23(29,12-9-20)15-21(26)27/h6-7,20,24,29H,4-5,8-15H2,1-3H3,(H,25,28)(H,26,27)/b7-6-. The summed E-state index contributed by atoms with van der Waals surface area (Å²) in [5.41, 5.74) is 3.90. The predicted octanol–water partition coefficient (Wildman–Crippen LogP) is 3.44. The molecule has 1 amide bonds. The van der Waals surface area contributed by atoms with Crippen LogP contribution in [0.5, 0.6) is 0 Å². The lowest BCUT2D eigenvalue weighted by molar-refractivity contribution is -0.144. The molecule has 0 aromatic rings. The van der Waals surface area contributed by atoms with E-state index >= 15 is 0 Å². The van der Waals surface area contributed by atoms with Crippen molar-refractivity contribution in [2.24, 2.45) is 5.92 Å². The van der Waals surface area contributed by atoms with Gasteiger partial charge >= 0.3 is 5.97 Å². The highest BCUT2D eigenvalue weighted by Gasteiger charge is 2.37. The molecule has 0 spiro atoms. The van der Waals surface area contributed by atoms with Crippen molar-refractivity contribution in [3.05, 3.63) is 34.6 Å². The SMILES string of the molecule is CC(C)=C(/C=C\C1=C(C)NCCC1)CCNC(=O)C1CCC(O)(CC(=O)O)CC1. The molecule has 4 N–H and O–H groups in total. The maximum absolute atomic E-state index is 12.5. The van der Waals surface area contributed by atoms with Crippen LogP contribution in [0.2, 0.25) is 0 Å². The molecule has 29 heavy (non-hydrogen) atoms. The average Bonchev–Trinajstić information content (AvgIpc) is 2.65. The first-order valence-corrected chi connectivity index (χ1v) is 10.7. The lowest BCUT2D eigenvalue weighted by Gasteiger charge is -2.34. The molecule has 0 aromatic heterocycles. The molecule has 0 radical (unpaired) electrons. The summed E-state index contributed by atoms with van der Waals surface area (Å²) in [5.74, 6) is -1.13. The van der Waals surface area contributed by atoms with Crippen molar-refractivity contribution in [2.45, 2.75) is 77.7 Å². The Kier molecular flexibility index (Phi) is 8.50. The van der Waals surface area contributed by atoms with E-state index in [-0.39, 0.29) is 18.2 Å². The summed E-state index contributed by atoms with van der Waals surface area (Å²) >= 11 is 0. The molecule has 6 heteroatoms. The Labute approximate surface area is 174 Å². The van der Waals surface area contributed by atoms with Gasteiger partial charge in [0.2, 0.25) is 5.91 Å². The summed E-state index contributed by atoms with van der Waals surface area (Å²) in [6.07, 6.45) is 8.93. The zero-order chi connectivity index (χ0) is 21.4. The number of nitrogens with one attached hydrogen (secondary N) is 2. The molecule has 1 aliphatic heterocycles. The van der Waals surface area contributed by atoms with Crippen LogP contribution in [-0.4, -0.2) is 40.8 Å². The van der Waals surface area contributed by atoms with E-state index < -0.39 is 11.6 Å².